The van der Waals surface area contributed by atoms with E-state index in [0.29, 0.717) is 48.4 Å². The van der Waals surface area contributed by atoms with Crippen molar-refractivity contribution in [3.63, 3.8) is 0 Å². The van der Waals surface area contributed by atoms with Gasteiger partial charge in [0.2, 0.25) is 0 Å². The van der Waals surface area contributed by atoms with Crippen molar-refractivity contribution in [3.8, 4) is 17.1 Å². The minimum atomic E-state index is -0.452. The Hall–Kier alpha value is -3.63. The lowest BCUT2D eigenvalue weighted by atomic mass is 10.2. The largest absolute Gasteiger partial charge is 0.496 e. The van der Waals surface area contributed by atoms with Crippen LogP contribution in [0.2, 0.25) is 5.02 Å². The van der Waals surface area contributed by atoms with Crippen molar-refractivity contribution in [2.45, 2.75) is 0 Å². The maximum Gasteiger partial charge on any atom is 0.296 e. The van der Waals surface area contributed by atoms with Gasteiger partial charge in [0.1, 0.15) is 17.2 Å². The van der Waals surface area contributed by atoms with E-state index in [9.17, 15) is 14.9 Å². The van der Waals surface area contributed by atoms with Crippen molar-refractivity contribution in [2.24, 2.45) is 0 Å². The van der Waals surface area contributed by atoms with Crippen LogP contribution >= 0.6 is 23.8 Å². The molecule has 0 atom stereocenters. The number of nitro benzene ring substituents is 1. The Morgan fingerprint density at radius 3 is 2.59 bits per heavy atom. The number of thiocarbonyl (C=S) groups is 1. The number of amides is 1. The Labute approximate surface area is 206 Å². The number of furan rings is 1. The molecular formula is C23H21ClN4O5S. The molecule has 2 aromatic carbocycles. The van der Waals surface area contributed by atoms with Crippen LogP contribution in [0.1, 0.15) is 10.6 Å². The number of carbonyl (C=O) groups is 1. The third kappa shape index (κ3) is 5.13. The SMILES string of the molecule is COc1ccc(N2CCN(C(=S)NC(=O)c3ccc(-c4cccc(Cl)c4)o3)CC2)c([N+](=O)[O-])c1. The Bertz CT molecular complexity index is 1240. The first-order chi connectivity index (χ1) is 16.4. The van der Waals surface area contributed by atoms with Crippen LogP contribution in [0.3, 0.4) is 0 Å². The van der Waals surface area contributed by atoms with Crippen molar-refractivity contribution < 1.29 is 18.9 Å². The first-order valence-corrected chi connectivity index (χ1v) is 11.2. The summed E-state index contributed by atoms with van der Waals surface area (Å²) in [6.07, 6.45) is 0. The molecule has 1 amide bonds. The minimum Gasteiger partial charge on any atom is -0.496 e. The molecule has 0 bridgehead atoms. The average Bonchev–Trinajstić information content (AvgIpc) is 3.34. The predicted molar refractivity (Wildman–Crippen MR) is 133 cm³/mol. The topological polar surface area (TPSA) is 101 Å². The standard InChI is InChI=1S/C23H21ClN4O5S/c1-32-17-5-6-18(19(14-17)28(30)31)26-9-11-27(12-10-26)23(34)25-22(29)21-8-7-20(33-21)15-3-2-4-16(24)13-15/h2-8,13-14H,9-12H2,1H3,(H,25,29,34). The van der Waals surface area contributed by atoms with Crippen molar-refractivity contribution in [1.29, 1.82) is 0 Å². The predicted octanol–water partition coefficient (Wildman–Crippen LogP) is 4.35. The Morgan fingerprint density at radius 1 is 1.15 bits per heavy atom. The number of carbonyl (C=O) groups excluding carboxylic acids is 1. The zero-order chi connectivity index (χ0) is 24.2. The summed E-state index contributed by atoms with van der Waals surface area (Å²) in [6.45, 7) is 1.99. The summed E-state index contributed by atoms with van der Waals surface area (Å²) in [6, 6.07) is 15.2. The van der Waals surface area contributed by atoms with Crippen LogP contribution < -0.4 is 15.0 Å². The highest BCUT2D eigenvalue weighted by molar-refractivity contribution is 7.80. The van der Waals surface area contributed by atoms with E-state index in [1.54, 1.807) is 42.5 Å². The summed E-state index contributed by atoms with van der Waals surface area (Å²) >= 11 is 11.4. The summed E-state index contributed by atoms with van der Waals surface area (Å²) < 4.78 is 10.8. The molecule has 1 aromatic heterocycles. The molecule has 1 saturated heterocycles. The summed E-state index contributed by atoms with van der Waals surface area (Å²) in [5.41, 5.74) is 1.26. The molecule has 0 aliphatic carbocycles. The van der Waals surface area contributed by atoms with Crippen LogP contribution in [-0.2, 0) is 0 Å². The number of nitrogens with zero attached hydrogens (tertiary/aromatic N) is 3. The fourth-order valence-corrected chi connectivity index (χ4v) is 4.15. The first-order valence-electron chi connectivity index (χ1n) is 10.4. The lowest BCUT2D eigenvalue weighted by Crippen LogP contribution is -2.52. The summed E-state index contributed by atoms with van der Waals surface area (Å²) in [4.78, 5) is 27.5. The number of nitro groups is 1. The van der Waals surface area contributed by atoms with Gasteiger partial charge >= 0.3 is 0 Å². The molecule has 1 aliphatic rings. The van der Waals surface area contributed by atoms with Gasteiger partial charge < -0.3 is 19.0 Å². The molecule has 0 unspecified atom stereocenters. The van der Waals surface area contributed by atoms with E-state index in [1.807, 2.05) is 15.9 Å². The van der Waals surface area contributed by atoms with Crippen molar-refractivity contribution >= 4 is 46.2 Å². The molecule has 1 fully saturated rings. The zero-order valence-corrected chi connectivity index (χ0v) is 19.8. The summed E-state index contributed by atoms with van der Waals surface area (Å²) in [5.74, 6) is 0.624. The first kappa shape index (κ1) is 23.5. The van der Waals surface area contributed by atoms with Gasteiger partial charge in [-0.3, -0.25) is 20.2 Å². The van der Waals surface area contributed by atoms with Gasteiger partial charge in [0.15, 0.2) is 10.9 Å². The molecule has 0 spiro atoms. The van der Waals surface area contributed by atoms with Gasteiger partial charge in [-0.15, -0.1) is 0 Å². The number of hydrogen-bond acceptors (Lipinski definition) is 7. The molecular weight excluding hydrogens is 480 g/mol. The summed E-state index contributed by atoms with van der Waals surface area (Å²) in [5, 5.41) is 15.0. The third-order valence-electron chi connectivity index (χ3n) is 5.45. The maximum atomic E-state index is 12.6. The average molecular weight is 501 g/mol. The minimum absolute atomic E-state index is 0.0167. The van der Waals surface area contributed by atoms with Crippen LogP contribution in [0.5, 0.6) is 5.75 Å². The van der Waals surface area contributed by atoms with Crippen molar-refractivity contribution in [1.82, 2.24) is 10.2 Å². The van der Waals surface area contributed by atoms with E-state index in [1.165, 1.54) is 13.2 Å². The van der Waals surface area contributed by atoms with Gasteiger partial charge in [-0.2, -0.15) is 0 Å². The van der Waals surface area contributed by atoms with E-state index < -0.39 is 10.8 Å². The molecule has 2 heterocycles. The molecule has 4 rings (SSSR count). The van der Waals surface area contributed by atoms with Crippen LogP contribution in [0.15, 0.2) is 59.0 Å². The van der Waals surface area contributed by atoms with Gasteiger partial charge in [-0.1, -0.05) is 23.7 Å². The quantitative estimate of drug-likeness (QED) is 0.313. The fraction of sp³-hybridized carbons (Fsp3) is 0.217. The third-order valence-corrected chi connectivity index (χ3v) is 6.04. The molecule has 34 heavy (non-hydrogen) atoms. The highest BCUT2D eigenvalue weighted by Gasteiger charge is 2.26. The number of anilines is 1. The molecule has 1 N–H and O–H groups in total. The second-order valence-corrected chi connectivity index (χ2v) is 8.34. The zero-order valence-electron chi connectivity index (χ0n) is 18.2. The number of benzene rings is 2. The number of halogens is 1. The van der Waals surface area contributed by atoms with E-state index in [0.717, 1.165) is 5.56 Å². The normalized spacial score (nSPS) is 13.5. The fourth-order valence-electron chi connectivity index (χ4n) is 3.69. The number of ether oxygens (including phenoxy) is 1. The highest BCUT2D eigenvalue weighted by Crippen LogP contribution is 2.32. The lowest BCUT2D eigenvalue weighted by molar-refractivity contribution is -0.384. The second-order valence-electron chi connectivity index (χ2n) is 7.52. The molecule has 3 aromatic rings. The second kappa shape index (κ2) is 10.1. The monoisotopic (exact) mass is 500 g/mol. The van der Waals surface area contributed by atoms with Crippen LogP contribution in [0.4, 0.5) is 11.4 Å². The van der Waals surface area contributed by atoms with Crippen LogP contribution in [-0.4, -0.2) is 54.1 Å². The van der Waals surface area contributed by atoms with Gasteiger partial charge in [-0.05, 0) is 48.6 Å². The van der Waals surface area contributed by atoms with Gasteiger partial charge in [-0.25, -0.2) is 0 Å². The van der Waals surface area contributed by atoms with Crippen LogP contribution in [0.25, 0.3) is 11.3 Å². The highest BCUT2D eigenvalue weighted by atomic mass is 35.5. The molecule has 0 saturated carbocycles. The smallest absolute Gasteiger partial charge is 0.296 e. The Balaban J connectivity index is 1.36. The maximum absolute atomic E-state index is 12.6. The van der Waals surface area contributed by atoms with Crippen molar-refractivity contribution in [3.05, 3.63) is 75.5 Å². The van der Waals surface area contributed by atoms with E-state index in [-0.39, 0.29) is 16.6 Å². The van der Waals surface area contributed by atoms with Gasteiger partial charge in [0, 0.05) is 36.8 Å². The number of methoxy groups -OCH3 is 1. The number of piperazine rings is 1. The molecule has 0 radical (unpaired) electrons. The van der Waals surface area contributed by atoms with E-state index in [4.69, 9.17) is 33.0 Å². The lowest BCUT2D eigenvalue weighted by Gasteiger charge is -2.36. The molecule has 176 valence electrons. The van der Waals surface area contributed by atoms with Crippen LogP contribution in [0, 0.1) is 10.1 Å². The van der Waals surface area contributed by atoms with Crippen molar-refractivity contribution in [2.75, 3.05) is 38.2 Å². The van der Waals surface area contributed by atoms with Gasteiger partial charge in [0.05, 0.1) is 18.1 Å². The molecule has 1 aliphatic heterocycles. The molecule has 11 heteroatoms. The number of rotatable bonds is 5. The summed E-state index contributed by atoms with van der Waals surface area (Å²) in [7, 11) is 1.47. The van der Waals surface area contributed by atoms with Gasteiger partial charge in [0.25, 0.3) is 11.6 Å². The Morgan fingerprint density at radius 2 is 1.91 bits per heavy atom. The van der Waals surface area contributed by atoms with E-state index >= 15 is 0 Å². The number of hydrogen-bond donors (Lipinski definition) is 1. The Kier molecular flexibility index (Phi) is 6.99. The van der Waals surface area contributed by atoms with E-state index in [2.05, 4.69) is 5.32 Å². The number of nitrogens with one attached hydrogen (secondary N) is 1. The molecule has 9 nitrogen and oxygen atoms in total.